The summed E-state index contributed by atoms with van der Waals surface area (Å²) in [4.78, 5) is 0.289. The molecule has 0 bridgehead atoms. The van der Waals surface area contributed by atoms with E-state index in [1.54, 1.807) is 12.1 Å². The molecule has 0 fully saturated rings. The summed E-state index contributed by atoms with van der Waals surface area (Å²) < 4.78 is 28.1. The zero-order chi connectivity index (χ0) is 16.4. The molecule has 3 aromatic carbocycles. The van der Waals surface area contributed by atoms with Gasteiger partial charge in [0.25, 0.3) is 0 Å². The zero-order valence-electron chi connectivity index (χ0n) is 13.2. The third-order valence-corrected chi connectivity index (χ3v) is 5.56. The second kappa shape index (κ2) is 6.14. The third kappa shape index (κ3) is 3.28. The number of fused-ring (bicyclic) bond motifs is 1. The maximum Gasteiger partial charge on any atom is 0.241 e. The van der Waals surface area contributed by atoms with E-state index in [2.05, 4.69) is 4.72 Å². The van der Waals surface area contributed by atoms with E-state index in [1.807, 2.05) is 68.4 Å². The Hall–Kier alpha value is -2.17. The lowest BCUT2D eigenvalue weighted by atomic mass is 10.0. The molecule has 0 amide bonds. The van der Waals surface area contributed by atoms with E-state index in [4.69, 9.17) is 0 Å². The minimum Gasteiger partial charge on any atom is -0.207 e. The number of sulfonamides is 1. The molecule has 3 nitrogen and oxygen atoms in total. The Labute approximate surface area is 137 Å². The number of aryl methyl sites for hydroxylation is 1. The topological polar surface area (TPSA) is 46.2 Å². The van der Waals surface area contributed by atoms with Crippen LogP contribution in [0.25, 0.3) is 10.8 Å². The molecule has 0 saturated carbocycles. The van der Waals surface area contributed by atoms with E-state index in [0.717, 1.165) is 21.9 Å². The Balaban J connectivity index is 1.92. The van der Waals surface area contributed by atoms with Crippen molar-refractivity contribution >= 4 is 20.8 Å². The van der Waals surface area contributed by atoms with Gasteiger partial charge in [-0.2, -0.15) is 0 Å². The molecule has 1 N–H and O–H groups in total. The predicted molar refractivity (Wildman–Crippen MR) is 93.9 cm³/mol. The van der Waals surface area contributed by atoms with Crippen molar-refractivity contribution in [2.24, 2.45) is 0 Å². The van der Waals surface area contributed by atoms with Crippen LogP contribution in [0.3, 0.4) is 0 Å². The Morgan fingerprint density at radius 2 is 1.52 bits per heavy atom. The molecule has 3 rings (SSSR count). The molecule has 1 atom stereocenters. The van der Waals surface area contributed by atoms with Crippen LogP contribution in [0.4, 0.5) is 0 Å². The Kier molecular flexibility index (Phi) is 4.20. The van der Waals surface area contributed by atoms with E-state index in [1.165, 1.54) is 0 Å². The van der Waals surface area contributed by atoms with Crippen molar-refractivity contribution < 1.29 is 8.42 Å². The number of rotatable bonds is 4. The van der Waals surface area contributed by atoms with Crippen LogP contribution in [0.2, 0.25) is 0 Å². The van der Waals surface area contributed by atoms with Gasteiger partial charge < -0.3 is 0 Å². The summed E-state index contributed by atoms with van der Waals surface area (Å²) in [6, 6.07) is 20.4. The maximum absolute atomic E-state index is 12.7. The molecule has 0 aliphatic rings. The van der Waals surface area contributed by atoms with Crippen molar-refractivity contribution in [2.75, 3.05) is 0 Å². The van der Waals surface area contributed by atoms with Crippen LogP contribution in [-0.4, -0.2) is 8.42 Å². The van der Waals surface area contributed by atoms with Gasteiger partial charge in [-0.25, -0.2) is 13.1 Å². The molecule has 0 saturated heterocycles. The molecule has 23 heavy (non-hydrogen) atoms. The fourth-order valence-corrected chi connectivity index (χ4v) is 4.03. The SMILES string of the molecule is Cc1ccccc1[C@H](C)NS(=O)(=O)c1ccc2ccccc2c1. The molecule has 0 spiro atoms. The van der Waals surface area contributed by atoms with Gasteiger partial charge in [0, 0.05) is 6.04 Å². The van der Waals surface area contributed by atoms with Gasteiger partial charge in [-0.3, -0.25) is 0 Å². The lowest BCUT2D eigenvalue weighted by molar-refractivity contribution is 0.566. The summed E-state index contributed by atoms with van der Waals surface area (Å²) in [6.07, 6.45) is 0. The lowest BCUT2D eigenvalue weighted by Gasteiger charge is -2.17. The Bertz CT molecular complexity index is 948. The molecule has 118 valence electrons. The van der Waals surface area contributed by atoms with Crippen molar-refractivity contribution in [1.82, 2.24) is 4.72 Å². The average molecular weight is 325 g/mol. The molecule has 0 aromatic heterocycles. The van der Waals surface area contributed by atoms with Crippen LogP contribution >= 0.6 is 0 Å². The van der Waals surface area contributed by atoms with E-state index in [0.29, 0.717) is 0 Å². The standard InChI is InChI=1S/C19H19NO2S/c1-14-7-3-6-10-19(14)15(2)20-23(21,22)18-12-11-16-8-4-5-9-17(16)13-18/h3-13,15,20H,1-2H3/t15-/m0/s1. The Morgan fingerprint density at radius 3 is 2.26 bits per heavy atom. The fourth-order valence-electron chi connectivity index (χ4n) is 2.77. The van der Waals surface area contributed by atoms with Crippen molar-refractivity contribution in [3.05, 3.63) is 77.9 Å². The number of hydrogen-bond donors (Lipinski definition) is 1. The smallest absolute Gasteiger partial charge is 0.207 e. The first-order valence-electron chi connectivity index (χ1n) is 7.54. The first-order chi connectivity index (χ1) is 11.0. The fraction of sp³-hybridized carbons (Fsp3) is 0.158. The molecular weight excluding hydrogens is 306 g/mol. The van der Waals surface area contributed by atoms with Gasteiger partial charge in [0.15, 0.2) is 0 Å². The van der Waals surface area contributed by atoms with Crippen LogP contribution < -0.4 is 4.72 Å². The van der Waals surface area contributed by atoms with Gasteiger partial charge in [-0.15, -0.1) is 0 Å². The molecule has 0 heterocycles. The minimum atomic E-state index is -3.57. The maximum atomic E-state index is 12.7. The molecule has 0 radical (unpaired) electrons. The van der Waals surface area contributed by atoms with Crippen LogP contribution in [0, 0.1) is 6.92 Å². The van der Waals surface area contributed by atoms with E-state index < -0.39 is 10.0 Å². The summed E-state index contributed by atoms with van der Waals surface area (Å²) >= 11 is 0. The van der Waals surface area contributed by atoms with Gasteiger partial charge in [-0.1, -0.05) is 54.6 Å². The molecule has 0 aliphatic carbocycles. The predicted octanol–water partition coefficient (Wildman–Crippen LogP) is 4.19. The summed E-state index contributed by atoms with van der Waals surface area (Å²) in [7, 11) is -3.57. The number of nitrogens with one attached hydrogen (secondary N) is 1. The van der Waals surface area contributed by atoms with E-state index in [9.17, 15) is 8.42 Å². The molecular formula is C19H19NO2S. The largest absolute Gasteiger partial charge is 0.241 e. The van der Waals surface area contributed by atoms with Crippen molar-refractivity contribution in [3.63, 3.8) is 0 Å². The lowest BCUT2D eigenvalue weighted by Crippen LogP contribution is -2.27. The third-order valence-electron chi connectivity index (χ3n) is 4.02. The first-order valence-corrected chi connectivity index (χ1v) is 9.02. The normalized spacial score (nSPS) is 13.1. The van der Waals surface area contributed by atoms with E-state index >= 15 is 0 Å². The van der Waals surface area contributed by atoms with Crippen LogP contribution in [-0.2, 0) is 10.0 Å². The second-order valence-corrected chi connectivity index (χ2v) is 7.42. The zero-order valence-corrected chi connectivity index (χ0v) is 14.0. The number of benzene rings is 3. The van der Waals surface area contributed by atoms with Crippen molar-refractivity contribution in [1.29, 1.82) is 0 Å². The highest BCUT2D eigenvalue weighted by Gasteiger charge is 2.19. The highest BCUT2D eigenvalue weighted by molar-refractivity contribution is 7.89. The summed E-state index contributed by atoms with van der Waals surface area (Å²) in [5.74, 6) is 0. The average Bonchev–Trinajstić information content (AvgIpc) is 2.54. The first kappa shape index (κ1) is 15.7. The van der Waals surface area contributed by atoms with Gasteiger partial charge in [0.2, 0.25) is 10.0 Å². The van der Waals surface area contributed by atoms with Crippen LogP contribution in [0.15, 0.2) is 71.6 Å². The molecule has 0 unspecified atom stereocenters. The highest BCUT2D eigenvalue weighted by Crippen LogP contribution is 2.22. The van der Waals surface area contributed by atoms with E-state index in [-0.39, 0.29) is 10.9 Å². The van der Waals surface area contributed by atoms with Gasteiger partial charge in [0.05, 0.1) is 4.90 Å². The van der Waals surface area contributed by atoms with Crippen LogP contribution in [0.5, 0.6) is 0 Å². The summed E-state index contributed by atoms with van der Waals surface area (Å²) in [5.41, 5.74) is 2.05. The highest BCUT2D eigenvalue weighted by atomic mass is 32.2. The summed E-state index contributed by atoms with van der Waals surface area (Å²) in [5, 5.41) is 1.94. The van der Waals surface area contributed by atoms with Crippen LogP contribution in [0.1, 0.15) is 24.1 Å². The minimum absolute atomic E-state index is 0.285. The van der Waals surface area contributed by atoms with Gasteiger partial charge in [0.1, 0.15) is 0 Å². The quantitative estimate of drug-likeness (QED) is 0.782. The second-order valence-electron chi connectivity index (χ2n) is 5.71. The Morgan fingerprint density at radius 1 is 0.870 bits per heavy atom. The molecule has 4 heteroatoms. The van der Waals surface area contributed by atoms with Crippen molar-refractivity contribution in [2.45, 2.75) is 24.8 Å². The molecule has 3 aromatic rings. The number of hydrogen-bond acceptors (Lipinski definition) is 2. The summed E-state index contributed by atoms with van der Waals surface area (Å²) in [6.45, 7) is 3.84. The monoisotopic (exact) mass is 325 g/mol. The van der Waals surface area contributed by atoms with Gasteiger partial charge >= 0.3 is 0 Å². The molecule has 0 aliphatic heterocycles. The van der Waals surface area contributed by atoms with Crippen molar-refractivity contribution in [3.8, 4) is 0 Å². The van der Waals surface area contributed by atoms with Gasteiger partial charge in [-0.05, 0) is 47.9 Å².